The van der Waals surface area contributed by atoms with Crippen molar-refractivity contribution in [2.45, 2.75) is 20.0 Å². The second-order valence-electron chi connectivity index (χ2n) is 7.13. The number of carbonyl (C=O) groups is 1. The van der Waals surface area contributed by atoms with Crippen LogP contribution in [0.3, 0.4) is 0 Å². The van der Waals surface area contributed by atoms with Crippen LogP contribution in [0.5, 0.6) is 17.2 Å². The van der Waals surface area contributed by atoms with E-state index in [-0.39, 0.29) is 12.1 Å². The van der Waals surface area contributed by atoms with Crippen LogP contribution in [-0.4, -0.2) is 57.4 Å². The van der Waals surface area contributed by atoms with Crippen LogP contribution in [0.2, 0.25) is 0 Å². The first-order valence-corrected chi connectivity index (χ1v) is 9.79. The number of benzene rings is 2. The minimum absolute atomic E-state index is 0.113. The number of rotatable bonds is 6. The molecule has 0 saturated carbocycles. The van der Waals surface area contributed by atoms with E-state index in [2.05, 4.69) is 22.3 Å². The van der Waals surface area contributed by atoms with Crippen molar-refractivity contribution in [2.75, 3.05) is 50.6 Å². The second kappa shape index (κ2) is 9.41. The molecule has 0 atom stereocenters. The Labute approximate surface area is 172 Å². The largest absolute Gasteiger partial charge is 0.493 e. The third-order valence-electron chi connectivity index (χ3n) is 4.78. The number of amides is 2. The first-order chi connectivity index (χ1) is 14.0. The van der Waals surface area contributed by atoms with Crippen LogP contribution in [0, 0.1) is 0 Å². The Kier molecular flexibility index (Phi) is 6.69. The zero-order valence-electron chi connectivity index (χ0n) is 17.5. The van der Waals surface area contributed by atoms with E-state index in [4.69, 9.17) is 14.2 Å². The van der Waals surface area contributed by atoms with Crippen LogP contribution in [0.15, 0.2) is 42.5 Å². The molecule has 2 aromatic carbocycles. The van der Waals surface area contributed by atoms with Gasteiger partial charge in [-0.05, 0) is 50.2 Å². The van der Waals surface area contributed by atoms with Gasteiger partial charge in [-0.1, -0.05) is 0 Å². The highest BCUT2D eigenvalue weighted by Crippen LogP contribution is 2.30. The average Bonchev–Trinajstić information content (AvgIpc) is 2.74. The summed E-state index contributed by atoms with van der Waals surface area (Å²) in [6, 6.07) is 13.3. The molecular formula is C22H29N3O4. The molecule has 0 spiro atoms. The van der Waals surface area contributed by atoms with E-state index < -0.39 is 0 Å². The predicted molar refractivity (Wildman–Crippen MR) is 115 cm³/mol. The maximum Gasteiger partial charge on any atom is 0.321 e. The fourth-order valence-corrected chi connectivity index (χ4v) is 3.29. The standard InChI is InChI=1S/C22H29N3O4/c1-16(2)29-19-8-6-18(7-9-19)24-11-13-25(14-12-24)22(26)23-17-5-10-20(27-3)21(15-17)28-4/h5-10,15-16H,11-14H2,1-4H3,(H,23,26). The van der Waals surface area contributed by atoms with Crippen LogP contribution in [0.25, 0.3) is 0 Å². The summed E-state index contributed by atoms with van der Waals surface area (Å²) in [6.07, 6.45) is 0.161. The Balaban J connectivity index is 1.54. The molecule has 29 heavy (non-hydrogen) atoms. The molecule has 1 aliphatic rings. The molecule has 0 aromatic heterocycles. The second-order valence-corrected chi connectivity index (χ2v) is 7.13. The fraction of sp³-hybridized carbons (Fsp3) is 0.409. The Bertz CT molecular complexity index is 815. The summed E-state index contributed by atoms with van der Waals surface area (Å²) in [4.78, 5) is 16.7. The zero-order chi connectivity index (χ0) is 20.8. The normalized spacial score (nSPS) is 14.0. The van der Waals surface area contributed by atoms with Gasteiger partial charge < -0.3 is 29.3 Å². The highest BCUT2D eigenvalue weighted by atomic mass is 16.5. The van der Waals surface area contributed by atoms with Crippen LogP contribution < -0.4 is 24.4 Å². The number of hydrogen-bond acceptors (Lipinski definition) is 5. The van der Waals surface area contributed by atoms with Gasteiger partial charge in [0.05, 0.1) is 20.3 Å². The van der Waals surface area contributed by atoms with Crippen LogP contribution >= 0.6 is 0 Å². The third-order valence-corrected chi connectivity index (χ3v) is 4.78. The van der Waals surface area contributed by atoms with Gasteiger partial charge in [0.25, 0.3) is 0 Å². The Morgan fingerprint density at radius 2 is 1.59 bits per heavy atom. The van der Waals surface area contributed by atoms with Crippen molar-refractivity contribution >= 4 is 17.4 Å². The molecule has 1 heterocycles. The topological polar surface area (TPSA) is 63.3 Å². The quantitative estimate of drug-likeness (QED) is 0.800. The van der Waals surface area contributed by atoms with E-state index in [1.807, 2.05) is 30.9 Å². The number of carbonyl (C=O) groups excluding carboxylic acids is 1. The smallest absolute Gasteiger partial charge is 0.321 e. The van der Waals surface area contributed by atoms with Crippen molar-refractivity contribution < 1.29 is 19.0 Å². The lowest BCUT2D eigenvalue weighted by molar-refractivity contribution is 0.208. The van der Waals surface area contributed by atoms with Gasteiger partial charge in [-0.15, -0.1) is 0 Å². The van der Waals surface area contributed by atoms with Crippen molar-refractivity contribution in [1.82, 2.24) is 4.90 Å². The summed E-state index contributed by atoms with van der Waals surface area (Å²) in [5.41, 5.74) is 1.82. The van der Waals surface area contributed by atoms with Crippen LogP contribution in [0.1, 0.15) is 13.8 Å². The van der Waals surface area contributed by atoms with E-state index in [0.717, 1.165) is 24.5 Å². The molecule has 0 bridgehead atoms. The molecule has 2 aromatic rings. The van der Waals surface area contributed by atoms with Crippen molar-refractivity contribution in [3.63, 3.8) is 0 Å². The van der Waals surface area contributed by atoms with Crippen molar-refractivity contribution in [3.8, 4) is 17.2 Å². The maximum absolute atomic E-state index is 12.6. The molecule has 1 fully saturated rings. The Hall–Kier alpha value is -3.09. The van der Waals surface area contributed by atoms with Crippen molar-refractivity contribution in [1.29, 1.82) is 0 Å². The van der Waals surface area contributed by atoms with E-state index in [1.165, 1.54) is 0 Å². The number of hydrogen-bond donors (Lipinski definition) is 1. The van der Waals surface area contributed by atoms with E-state index in [0.29, 0.717) is 30.3 Å². The molecule has 7 heteroatoms. The summed E-state index contributed by atoms with van der Waals surface area (Å²) in [6.45, 7) is 6.90. The molecular weight excluding hydrogens is 370 g/mol. The van der Waals surface area contributed by atoms with Gasteiger partial charge in [-0.25, -0.2) is 4.79 Å². The fourth-order valence-electron chi connectivity index (χ4n) is 3.29. The zero-order valence-corrected chi connectivity index (χ0v) is 17.5. The number of urea groups is 1. The molecule has 3 rings (SSSR count). The van der Waals surface area contributed by atoms with E-state index in [1.54, 1.807) is 32.4 Å². The molecule has 7 nitrogen and oxygen atoms in total. The summed E-state index contributed by atoms with van der Waals surface area (Å²) in [7, 11) is 3.16. The van der Waals surface area contributed by atoms with Gasteiger partial charge in [0.1, 0.15) is 5.75 Å². The van der Waals surface area contributed by atoms with E-state index >= 15 is 0 Å². The molecule has 1 aliphatic heterocycles. The number of nitrogens with zero attached hydrogens (tertiary/aromatic N) is 2. The van der Waals surface area contributed by atoms with Gasteiger partial charge in [0.15, 0.2) is 11.5 Å². The summed E-state index contributed by atoms with van der Waals surface area (Å²) < 4.78 is 16.2. The number of anilines is 2. The SMILES string of the molecule is COc1ccc(NC(=O)N2CCN(c3ccc(OC(C)C)cc3)CC2)cc1OC. The number of methoxy groups -OCH3 is 2. The highest BCUT2D eigenvalue weighted by molar-refractivity contribution is 5.90. The minimum atomic E-state index is -0.113. The van der Waals surface area contributed by atoms with Gasteiger partial charge in [0.2, 0.25) is 0 Å². The molecule has 0 unspecified atom stereocenters. The molecule has 1 saturated heterocycles. The number of ether oxygens (including phenoxy) is 3. The first-order valence-electron chi connectivity index (χ1n) is 9.79. The van der Waals surface area contributed by atoms with Gasteiger partial charge in [-0.2, -0.15) is 0 Å². The predicted octanol–water partition coefficient (Wildman–Crippen LogP) is 3.85. The lowest BCUT2D eigenvalue weighted by Crippen LogP contribution is -2.50. The molecule has 0 aliphatic carbocycles. The lowest BCUT2D eigenvalue weighted by Gasteiger charge is -2.36. The van der Waals surface area contributed by atoms with Crippen LogP contribution in [0.4, 0.5) is 16.2 Å². The summed E-state index contributed by atoms with van der Waals surface area (Å²) in [5, 5.41) is 2.93. The number of piperazine rings is 1. The average molecular weight is 399 g/mol. The minimum Gasteiger partial charge on any atom is -0.493 e. The molecule has 0 radical (unpaired) electrons. The molecule has 156 valence electrons. The third kappa shape index (κ3) is 5.25. The van der Waals surface area contributed by atoms with E-state index in [9.17, 15) is 4.79 Å². The Morgan fingerprint density at radius 1 is 0.931 bits per heavy atom. The lowest BCUT2D eigenvalue weighted by atomic mass is 10.2. The maximum atomic E-state index is 12.6. The monoisotopic (exact) mass is 399 g/mol. The number of nitrogens with one attached hydrogen (secondary N) is 1. The Morgan fingerprint density at radius 3 is 2.17 bits per heavy atom. The van der Waals surface area contributed by atoms with Gasteiger partial charge in [-0.3, -0.25) is 0 Å². The van der Waals surface area contributed by atoms with Crippen molar-refractivity contribution in [2.24, 2.45) is 0 Å². The van der Waals surface area contributed by atoms with Gasteiger partial charge >= 0.3 is 6.03 Å². The summed E-state index contributed by atoms with van der Waals surface area (Å²) in [5.74, 6) is 2.08. The van der Waals surface area contributed by atoms with Crippen LogP contribution in [-0.2, 0) is 0 Å². The highest BCUT2D eigenvalue weighted by Gasteiger charge is 2.21. The van der Waals surface area contributed by atoms with Gasteiger partial charge in [0, 0.05) is 43.6 Å². The first kappa shape index (κ1) is 20.6. The molecule has 2 amide bonds. The summed E-state index contributed by atoms with van der Waals surface area (Å²) >= 11 is 0. The molecule has 1 N–H and O–H groups in total. The van der Waals surface area contributed by atoms with Crippen molar-refractivity contribution in [3.05, 3.63) is 42.5 Å².